The molecule has 1 aliphatic heterocycles. The molecule has 1 N–H and O–H groups in total. The predicted octanol–water partition coefficient (Wildman–Crippen LogP) is 3.23. The topological polar surface area (TPSA) is 29.1 Å². The van der Waals surface area contributed by atoms with Crippen LogP contribution >= 0.6 is 15.9 Å². The summed E-state index contributed by atoms with van der Waals surface area (Å²) in [4.78, 5) is 13.3. The van der Waals surface area contributed by atoms with Crippen molar-refractivity contribution in [3.05, 3.63) is 50.3 Å². The number of amides is 1. The molecule has 1 unspecified atom stereocenters. The number of hydrogen-bond donors (Lipinski definition) is 1. The van der Waals surface area contributed by atoms with Gasteiger partial charge in [0.15, 0.2) is 0 Å². The van der Waals surface area contributed by atoms with E-state index in [-0.39, 0.29) is 10.5 Å². The first-order valence-corrected chi connectivity index (χ1v) is 8.43. The van der Waals surface area contributed by atoms with Gasteiger partial charge in [-0.3, -0.25) is 0 Å². The van der Waals surface area contributed by atoms with Crippen molar-refractivity contribution in [2.24, 2.45) is 0 Å². The van der Waals surface area contributed by atoms with Crippen LogP contribution in [0.25, 0.3) is 0 Å². The minimum absolute atomic E-state index is 0.335. The first-order chi connectivity index (χ1) is 8.09. The Labute approximate surface area is 109 Å². The van der Waals surface area contributed by atoms with E-state index in [4.69, 9.17) is 0 Å². The molecule has 0 bridgehead atoms. The molecule has 2 rings (SSSR count). The quantitative estimate of drug-likeness (QED) is 0.800. The Hall–Kier alpha value is -0.971. The molecule has 0 fully saturated rings. The molecule has 1 heterocycles. The standard InChI is InChI=1S/C11H8BrF2NOSe/c12-9-5-2-6-17(9)11(16)15-10-7(13)3-1-4-8(10)14/h1-6,17H,(H,15,16). The van der Waals surface area contributed by atoms with E-state index >= 15 is 0 Å². The number of benzene rings is 1. The number of para-hydroxylation sites is 1. The van der Waals surface area contributed by atoms with Crippen LogP contribution in [0.5, 0.6) is 0 Å². The fraction of sp³-hybridized carbons (Fsp3) is 0. The van der Waals surface area contributed by atoms with Crippen molar-refractivity contribution in [2.75, 3.05) is 5.32 Å². The number of carbonyl (C=O) groups excluding carboxylic acids is 1. The van der Waals surface area contributed by atoms with Gasteiger partial charge >= 0.3 is 110 Å². The van der Waals surface area contributed by atoms with Crippen molar-refractivity contribution in [2.45, 2.75) is 0 Å². The van der Waals surface area contributed by atoms with Crippen LogP contribution in [0.2, 0.25) is 0 Å². The average Bonchev–Trinajstić information content (AvgIpc) is 2.70. The molecule has 6 heteroatoms. The van der Waals surface area contributed by atoms with E-state index in [0.29, 0.717) is 0 Å². The van der Waals surface area contributed by atoms with Gasteiger partial charge in [-0.15, -0.1) is 0 Å². The monoisotopic (exact) mass is 367 g/mol. The minimum atomic E-state index is -2.04. The zero-order chi connectivity index (χ0) is 12.4. The summed E-state index contributed by atoms with van der Waals surface area (Å²) in [5.41, 5.74) is -0.382. The number of allylic oxidation sites excluding steroid dienone is 2. The third-order valence-corrected chi connectivity index (χ3v) is 7.78. The summed E-state index contributed by atoms with van der Waals surface area (Å²) in [6, 6.07) is 3.47. The van der Waals surface area contributed by atoms with Gasteiger partial charge in [-0.2, -0.15) is 0 Å². The number of anilines is 1. The van der Waals surface area contributed by atoms with Crippen molar-refractivity contribution in [3.63, 3.8) is 0 Å². The van der Waals surface area contributed by atoms with Crippen LogP contribution in [0.1, 0.15) is 0 Å². The summed E-state index contributed by atoms with van der Waals surface area (Å²) in [5.74, 6) is -1.54. The van der Waals surface area contributed by atoms with E-state index in [2.05, 4.69) is 21.2 Å². The van der Waals surface area contributed by atoms with E-state index in [0.717, 1.165) is 15.5 Å². The Balaban J connectivity index is 2.19. The van der Waals surface area contributed by atoms with Gasteiger partial charge in [0, 0.05) is 0 Å². The molecule has 0 saturated heterocycles. The first-order valence-electron chi connectivity index (χ1n) is 4.68. The third-order valence-electron chi connectivity index (χ3n) is 2.11. The van der Waals surface area contributed by atoms with E-state index in [9.17, 15) is 13.6 Å². The Morgan fingerprint density at radius 3 is 2.47 bits per heavy atom. The zero-order valence-electron chi connectivity index (χ0n) is 8.45. The van der Waals surface area contributed by atoms with Crippen molar-refractivity contribution in [1.82, 2.24) is 0 Å². The Morgan fingerprint density at radius 2 is 1.94 bits per heavy atom. The van der Waals surface area contributed by atoms with Crippen molar-refractivity contribution < 1.29 is 13.6 Å². The van der Waals surface area contributed by atoms with Gasteiger partial charge in [-0.1, -0.05) is 0 Å². The normalized spacial score (nSPS) is 20.2. The average molecular weight is 367 g/mol. The van der Waals surface area contributed by atoms with E-state index in [1.807, 2.05) is 0 Å². The summed E-state index contributed by atoms with van der Waals surface area (Å²) in [6.45, 7) is 0. The van der Waals surface area contributed by atoms with Crippen LogP contribution < -0.4 is 5.32 Å². The van der Waals surface area contributed by atoms with Gasteiger partial charge < -0.3 is 0 Å². The van der Waals surface area contributed by atoms with E-state index < -0.39 is 25.5 Å². The van der Waals surface area contributed by atoms with Crippen molar-refractivity contribution >= 4 is 40.3 Å². The molecule has 90 valence electrons. The van der Waals surface area contributed by atoms with Gasteiger partial charge in [0.2, 0.25) is 0 Å². The van der Waals surface area contributed by atoms with Crippen LogP contribution in [0.15, 0.2) is 38.7 Å². The summed E-state index contributed by atoms with van der Waals surface area (Å²) >= 11 is 1.23. The SMILES string of the molecule is O=C(Nc1c(F)cccc1F)[SeH]1C=CC=C1Br. The number of hydrogen-bond acceptors (Lipinski definition) is 1. The molecule has 17 heavy (non-hydrogen) atoms. The molecule has 0 spiro atoms. The van der Waals surface area contributed by atoms with Gasteiger partial charge in [0.1, 0.15) is 0 Å². The molecule has 2 nitrogen and oxygen atoms in total. The van der Waals surface area contributed by atoms with Gasteiger partial charge in [0.05, 0.1) is 0 Å². The molecule has 0 radical (unpaired) electrons. The zero-order valence-corrected chi connectivity index (χ0v) is 11.9. The second-order valence-corrected chi connectivity index (χ2v) is 9.45. The summed E-state index contributed by atoms with van der Waals surface area (Å²) in [5, 5.41) is 2.30. The first kappa shape index (κ1) is 12.5. The molecule has 0 aliphatic carbocycles. The summed E-state index contributed by atoms with van der Waals surface area (Å²) < 4.78 is 27.4. The molecular formula is C11H8BrF2NOSe. The van der Waals surface area contributed by atoms with Crippen LogP contribution in [-0.2, 0) is 0 Å². The second kappa shape index (κ2) is 5.12. The number of rotatable bonds is 2. The fourth-order valence-electron chi connectivity index (χ4n) is 1.31. The molecular weight excluding hydrogens is 359 g/mol. The molecule has 1 aliphatic rings. The van der Waals surface area contributed by atoms with Crippen LogP contribution in [0.3, 0.4) is 0 Å². The molecule has 1 amide bonds. The number of halogens is 3. The Morgan fingerprint density at radius 1 is 1.29 bits per heavy atom. The second-order valence-electron chi connectivity index (χ2n) is 3.23. The van der Waals surface area contributed by atoms with E-state index in [1.165, 1.54) is 6.07 Å². The summed E-state index contributed by atoms with van der Waals surface area (Å²) in [6.07, 6.45) is 3.54. The molecule has 0 aromatic heterocycles. The molecule has 0 saturated carbocycles. The fourth-order valence-corrected chi connectivity index (χ4v) is 5.45. The van der Waals surface area contributed by atoms with Crippen LogP contribution in [0, 0.1) is 11.6 Å². The Bertz CT molecular complexity index is 510. The molecule has 1 atom stereocenters. The third kappa shape index (κ3) is 2.65. The van der Waals surface area contributed by atoms with Crippen molar-refractivity contribution in [3.8, 4) is 0 Å². The maximum absolute atomic E-state index is 13.3. The Kier molecular flexibility index (Phi) is 3.76. The van der Waals surface area contributed by atoms with Crippen LogP contribution in [-0.4, -0.2) is 18.7 Å². The molecule has 1 aromatic carbocycles. The maximum atomic E-state index is 13.3. The van der Waals surface area contributed by atoms with Gasteiger partial charge in [-0.05, 0) is 0 Å². The van der Waals surface area contributed by atoms with Gasteiger partial charge in [0.25, 0.3) is 0 Å². The van der Waals surface area contributed by atoms with Gasteiger partial charge in [-0.25, -0.2) is 0 Å². The van der Waals surface area contributed by atoms with Crippen molar-refractivity contribution in [1.29, 1.82) is 0 Å². The summed E-state index contributed by atoms with van der Waals surface area (Å²) in [7, 11) is 0. The molecule has 1 aromatic rings. The predicted molar refractivity (Wildman–Crippen MR) is 68.7 cm³/mol. The number of carbonyl (C=O) groups is 1. The number of nitrogens with one attached hydrogen (secondary N) is 1. The van der Waals surface area contributed by atoms with E-state index in [1.54, 1.807) is 17.1 Å². The van der Waals surface area contributed by atoms with Crippen LogP contribution in [0.4, 0.5) is 19.3 Å².